The third kappa shape index (κ3) is 26.0. The molecule has 1 amide bonds. The maximum absolute atomic E-state index is 13.5. The van der Waals surface area contributed by atoms with E-state index < -0.39 is 7.26 Å². The summed E-state index contributed by atoms with van der Waals surface area (Å²) < 4.78 is 5.58. The summed E-state index contributed by atoms with van der Waals surface area (Å²) >= 11 is 0. The summed E-state index contributed by atoms with van der Waals surface area (Å²) in [5, 5.41) is 19.2. The zero-order valence-electron chi connectivity index (χ0n) is 73.3. The number of hydrogen-bond donors (Lipinski definition) is 3. The Kier molecular flexibility index (Phi) is 32.6. The number of anilines is 3. The van der Waals surface area contributed by atoms with Crippen molar-refractivity contribution in [2.75, 3.05) is 95.8 Å². The summed E-state index contributed by atoms with van der Waals surface area (Å²) in [6.07, 6.45) is 13.0. The standard InChI is InChI=1S/C40H33N2OP.C26H33N5O2.C23H25N5.C18H23NO/c1-29-17-18-31-26-32(20-19-30(31)25-29)39-28-34-27-33(21-22-38(34)42-39)40(43)41-23-24-44(35-11-5-2-6-12-35,36-13-7-3-8-14-36)37-15-9-4-10-16-37;1-30(2)20-24(32)16-21-10-11-25(26(17-21)33-3)29-14-15-31(18-22-8-4-6-12-27-22)19-23-9-5-7-13-28-23;1-18-14-19-15-20(8-9-23(19)27-18)26-12-13-28(16-21-6-2-4-10-24-21)17-22-7-3-5-11-25-22;1-4-5-6-18(20)13-19(3)17-10-9-15-11-14(2)7-8-16(15)12-17/h2-22,25-27H,23-24,28H2,1H3;4-13,17,29H,14-16,18-20H2,1-3H3;2-11,15,26H,12-14,16-17H2,1H3;7-12H,4-6,13H2,1-3H3/p+1. The number of carbonyl (C=O) groups excluding carboxylic acids is 3. The number of hydrogen-bond acceptors (Lipinski definition) is 16. The molecule has 4 aromatic heterocycles. The van der Waals surface area contributed by atoms with Gasteiger partial charge in [0.1, 0.15) is 28.9 Å². The highest BCUT2D eigenvalue weighted by atomic mass is 31.2. The summed E-state index contributed by atoms with van der Waals surface area (Å²) in [6, 6.07) is 101. The number of nitrogens with one attached hydrogen (secondary N) is 3. The molecule has 16 rings (SSSR count). The Morgan fingerprint density at radius 3 is 1.50 bits per heavy atom. The number of nitrogens with zero attached hydrogens (tertiary/aromatic N) is 10. The van der Waals surface area contributed by atoms with Gasteiger partial charge in [0.15, 0.2) is 11.6 Å². The smallest absolute Gasteiger partial charge is 0.251 e. The van der Waals surface area contributed by atoms with Crippen LogP contribution in [0.3, 0.4) is 0 Å². The minimum atomic E-state index is -2.01. The second-order valence-corrected chi connectivity index (χ2v) is 36.0. The Labute approximate surface area is 738 Å². The molecule has 18 heteroatoms. The van der Waals surface area contributed by atoms with Gasteiger partial charge in [-0.25, -0.2) is 0 Å². The molecule has 14 aromatic rings. The molecular weight excluding hydrogens is 1560 g/mol. The quantitative estimate of drug-likeness (QED) is 0.0319. The molecule has 0 saturated heterocycles. The van der Waals surface area contributed by atoms with Crippen molar-refractivity contribution < 1.29 is 19.1 Å². The Morgan fingerprint density at radius 2 is 0.960 bits per heavy atom. The van der Waals surface area contributed by atoms with Gasteiger partial charge >= 0.3 is 0 Å². The zero-order chi connectivity index (χ0) is 87.1. The minimum Gasteiger partial charge on any atom is -0.495 e. The van der Waals surface area contributed by atoms with E-state index in [2.05, 4.69) is 272 Å². The molecule has 2 aliphatic heterocycles. The molecule has 6 heterocycles. The first-order chi connectivity index (χ1) is 61.0. The molecule has 0 fully saturated rings. The number of aromatic nitrogens is 4. The van der Waals surface area contributed by atoms with Crippen molar-refractivity contribution in [2.24, 2.45) is 9.98 Å². The lowest BCUT2D eigenvalue weighted by molar-refractivity contribution is -0.119. The van der Waals surface area contributed by atoms with Crippen LogP contribution in [0, 0.1) is 13.8 Å². The molecule has 0 bridgehead atoms. The van der Waals surface area contributed by atoms with Crippen molar-refractivity contribution >= 4 is 102 Å². The fourth-order valence-electron chi connectivity index (χ4n) is 15.9. The number of Topliss-reactive ketones (excluding diaryl/α,β-unsaturated/α-hetero) is 2. The Morgan fingerprint density at radius 1 is 0.456 bits per heavy atom. The predicted molar refractivity (Wildman–Crippen MR) is 519 cm³/mol. The highest BCUT2D eigenvalue weighted by Crippen LogP contribution is 2.55. The van der Waals surface area contributed by atoms with Crippen LogP contribution in [0.4, 0.5) is 28.4 Å². The first-order valence-electron chi connectivity index (χ1n) is 43.3. The van der Waals surface area contributed by atoms with Gasteiger partial charge in [-0.15, -0.1) is 0 Å². The number of carbonyl (C=O) groups is 3. The van der Waals surface area contributed by atoms with Gasteiger partial charge < -0.3 is 30.5 Å². The number of aliphatic imine (C=N–C) groups is 2. The lowest BCUT2D eigenvalue weighted by Gasteiger charge is -2.27. The average Bonchev–Trinajstić information content (AvgIpc) is 1.25. The molecule has 3 N–H and O–H groups in total. The second-order valence-electron chi connectivity index (χ2n) is 32.4. The molecule has 0 aliphatic carbocycles. The van der Waals surface area contributed by atoms with Gasteiger partial charge in [0.25, 0.3) is 5.91 Å². The van der Waals surface area contributed by atoms with E-state index in [1.165, 1.54) is 59.9 Å². The SMILES string of the molecule is CC1=Nc2ccc(NCCN(Cc3ccccn3)Cc3ccccn3)cc2C1.CCCCC(=O)CN(C)c1ccc2cc(C)ccc2c1.COc1cc(CC(=O)CN(C)C)ccc1NCCN(Cc1ccccn1)Cc1ccccn1.Cc1ccc2cc(C3=Nc4ccc(C(=O)NCC[P+](c5ccccc5)(c5ccccc5)c5ccccc5)cc4C3)ccc2c1. The van der Waals surface area contributed by atoms with Crippen LogP contribution in [0.15, 0.2) is 326 Å². The van der Waals surface area contributed by atoms with Crippen molar-refractivity contribution in [3.05, 3.63) is 378 Å². The first kappa shape index (κ1) is 89.7. The van der Waals surface area contributed by atoms with Gasteiger partial charge in [-0.2, -0.15) is 0 Å². The van der Waals surface area contributed by atoms with E-state index in [0.717, 1.165) is 164 Å². The molecule has 636 valence electrons. The highest BCUT2D eigenvalue weighted by molar-refractivity contribution is 7.95. The maximum atomic E-state index is 13.5. The molecule has 0 atom stereocenters. The fourth-order valence-corrected chi connectivity index (χ4v) is 20.0. The topological polar surface area (TPSA) is 186 Å². The normalized spacial score (nSPS) is 11.9. The van der Waals surface area contributed by atoms with Crippen LogP contribution < -0.4 is 41.5 Å². The third-order valence-corrected chi connectivity index (χ3v) is 26.6. The number of rotatable bonds is 35. The summed E-state index contributed by atoms with van der Waals surface area (Å²) in [5.41, 5.74) is 19.3. The van der Waals surface area contributed by atoms with Gasteiger partial charge in [0, 0.05) is 133 Å². The predicted octanol–water partition coefficient (Wildman–Crippen LogP) is 19.4. The zero-order valence-corrected chi connectivity index (χ0v) is 74.2. The monoisotopic (exact) mass is 1680 g/mol. The van der Waals surface area contributed by atoms with Crippen LogP contribution in [-0.4, -0.2) is 144 Å². The van der Waals surface area contributed by atoms with E-state index in [0.29, 0.717) is 43.8 Å². The van der Waals surface area contributed by atoms with Crippen LogP contribution in [-0.2, 0) is 55.0 Å². The Hall–Kier alpha value is -13.0. The van der Waals surface area contributed by atoms with Crippen molar-refractivity contribution in [3.63, 3.8) is 0 Å². The number of likely N-dealkylation sites (N-methyl/N-ethyl adjacent to an activating group) is 2. The molecule has 125 heavy (non-hydrogen) atoms. The van der Waals surface area contributed by atoms with E-state index in [1.54, 1.807) is 7.11 Å². The van der Waals surface area contributed by atoms with Crippen LogP contribution >= 0.6 is 7.26 Å². The number of benzene rings is 10. The van der Waals surface area contributed by atoms with Crippen molar-refractivity contribution in [2.45, 2.75) is 92.4 Å². The third-order valence-electron chi connectivity index (χ3n) is 22.2. The Bertz CT molecular complexity index is 5730. The molecule has 0 saturated carbocycles. The number of ketones is 2. The lowest BCUT2D eigenvalue weighted by Crippen LogP contribution is -2.37. The molecule has 0 unspecified atom stereocenters. The van der Waals surface area contributed by atoms with Gasteiger partial charge in [0.05, 0.1) is 78.5 Å². The summed E-state index contributed by atoms with van der Waals surface area (Å²) in [6.45, 7) is 16.3. The lowest BCUT2D eigenvalue weighted by atomic mass is 9.99. The Balaban J connectivity index is 0.000000148. The van der Waals surface area contributed by atoms with E-state index >= 15 is 0 Å². The second kappa shape index (κ2) is 45.4. The molecule has 0 radical (unpaired) electrons. The van der Waals surface area contributed by atoms with Crippen LogP contribution in [0.2, 0.25) is 0 Å². The van der Waals surface area contributed by atoms with Gasteiger partial charge in [-0.3, -0.25) is 54.1 Å². The maximum Gasteiger partial charge on any atom is 0.251 e. The van der Waals surface area contributed by atoms with Crippen molar-refractivity contribution in [1.29, 1.82) is 0 Å². The molecule has 2 aliphatic rings. The summed E-state index contributed by atoms with van der Waals surface area (Å²) in [4.78, 5) is 73.5. The largest absolute Gasteiger partial charge is 0.495 e. The highest BCUT2D eigenvalue weighted by Gasteiger charge is 2.45. The summed E-state index contributed by atoms with van der Waals surface area (Å²) in [5.74, 6) is 1.20. The fraction of sp³-hybridized carbons (Fsp3) is 0.243. The number of amides is 1. The van der Waals surface area contributed by atoms with E-state index in [4.69, 9.17) is 9.73 Å². The molecule has 0 spiro atoms. The van der Waals surface area contributed by atoms with Gasteiger partial charge in [-0.1, -0.05) is 164 Å². The van der Waals surface area contributed by atoms with E-state index in [-0.39, 0.29) is 11.7 Å². The van der Waals surface area contributed by atoms with Crippen molar-refractivity contribution in [1.82, 2.24) is 40.0 Å². The summed E-state index contributed by atoms with van der Waals surface area (Å²) in [7, 11) is 5.43. The first-order valence-corrected chi connectivity index (χ1v) is 45.3. The van der Waals surface area contributed by atoms with E-state index in [1.807, 2.05) is 153 Å². The number of aryl methyl sites for hydroxylation is 2. The number of methoxy groups -OCH3 is 1. The van der Waals surface area contributed by atoms with Crippen LogP contribution in [0.5, 0.6) is 5.75 Å². The number of fused-ring (bicyclic) bond motifs is 4. The molecular formula is C107H115N13O4P+. The number of unbranched alkanes of at least 4 members (excludes halogenated alkanes) is 1. The van der Waals surface area contributed by atoms with E-state index in [9.17, 15) is 14.4 Å². The van der Waals surface area contributed by atoms with Gasteiger partial charge in [-0.05, 0) is 237 Å². The average molecular weight is 1680 g/mol. The van der Waals surface area contributed by atoms with Crippen LogP contribution in [0.25, 0.3) is 21.5 Å². The van der Waals surface area contributed by atoms with Crippen molar-refractivity contribution in [3.8, 4) is 5.75 Å². The van der Waals surface area contributed by atoms with Gasteiger partial charge in [0.2, 0.25) is 0 Å². The minimum absolute atomic E-state index is 0.0467. The molecule has 17 nitrogen and oxygen atoms in total. The number of ether oxygens (including phenoxy) is 1. The van der Waals surface area contributed by atoms with Crippen LogP contribution in [0.1, 0.15) is 99.6 Å². The molecule has 10 aromatic carbocycles. The number of pyridine rings is 4.